The number of amides is 2. The summed E-state index contributed by atoms with van der Waals surface area (Å²) in [6, 6.07) is 4.23. The predicted octanol–water partition coefficient (Wildman–Crippen LogP) is 1.07. The number of nitrogens with zero attached hydrogens (tertiary/aromatic N) is 4. The quantitative estimate of drug-likeness (QED) is 0.442. The minimum atomic E-state index is -0.238. The van der Waals surface area contributed by atoms with E-state index in [4.69, 9.17) is 10.5 Å². The van der Waals surface area contributed by atoms with E-state index in [9.17, 15) is 9.59 Å². The summed E-state index contributed by atoms with van der Waals surface area (Å²) in [6.45, 7) is 5.67. The van der Waals surface area contributed by atoms with Crippen LogP contribution in [0.1, 0.15) is 38.2 Å². The average molecular weight is 446 g/mol. The van der Waals surface area contributed by atoms with E-state index in [-0.39, 0.29) is 24.0 Å². The number of ether oxygens (including phenoxy) is 1. The van der Waals surface area contributed by atoms with Gasteiger partial charge in [-0.05, 0) is 38.7 Å². The highest BCUT2D eigenvalue weighted by Crippen LogP contribution is 2.24. The first kappa shape index (κ1) is 23.6. The van der Waals surface area contributed by atoms with Crippen LogP contribution in [0.4, 0.5) is 10.6 Å². The average Bonchev–Trinajstić information content (AvgIpc) is 2.82. The fourth-order valence-corrected chi connectivity index (χ4v) is 4.22. The van der Waals surface area contributed by atoms with Gasteiger partial charge in [-0.15, -0.1) is 0 Å². The van der Waals surface area contributed by atoms with Crippen LogP contribution < -0.4 is 21.3 Å². The third-order valence-electron chi connectivity index (χ3n) is 6.10. The largest absolute Gasteiger partial charge is 0.450 e. The van der Waals surface area contributed by atoms with Crippen LogP contribution in [0.15, 0.2) is 23.3 Å². The molecule has 0 saturated carbocycles. The Hall–Kier alpha value is -3.04. The molecule has 0 radical (unpaired) electrons. The third-order valence-corrected chi connectivity index (χ3v) is 6.10. The molecule has 0 aliphatic carbocycles. The summed E-state index contributed by atoms with van der Waals surface area (Å²) in [4.78, 5) is 36.2. The Labute approximate surface area is 189 Å². The second-order valence-corrected chi connectivity index (χ2v) is 8.18. The molecule has 176 valence electrons. The van der Waals surface area contributed by atoms with E-state index in [0.29, 0.717) is 26.2 Å². The number of anilines is 1. The Balaban J connectivity index is 1.51. The zero-order valence-electron chi connectivity index (χ0n) is 19.0. The van der Waals surface area contributed by atoms with Gasteiger partial charge < -0.3 is 30.9 Å². The summed E-state index contributed by atoms with van der Waals surface area (Å²) in [7, 11) is 1.75. The summed E-state index contributed by atoms with van der Waals surface area (Å²) in [5.41, 5.74) is 6.54. The lowest BCUT2D eigenvalue weighted by atomic mass is 9.96. The molecule has 0 unspecified atom stereocenters. The molecule has 2 aliphatic rings. The lowest BCUT2D eigenvalue weighted by Gasteiger charge is -2.33. The number of nitrogens with two attached hydrogens (primary N) is 1. The maximum atomic E-state index is 11.9. The van der Waals surface area contributed by atoms with Crippen molar-refractivity contribution in [3.63, 3.8) is 0 Å². The zero-order valence-corrected chi connectivity index (χ0v) is 19.0. The molecule has 0 aromatic carbocycles. The van der Waals surface area contributed by atoms with Crippen molar-refractivity contribution in [3.8, 4) is 0 Å². The van der Waals surface area contributed by atoms with Gasteiger partial charge in [-0.2, -0.15) is 0 Å². The van der Waals surface area contributed by atoms with Gasteiger partial charge in [0.25, 0.3) is 0 Å². The molecule has 2 saturated heterocycles. The lowest BCUT2D eigenvalue weighted by molar-refractivity contribution is -0.122. The minimum Gasteiger partial charge on any atom is -0.450 e. The number of aromatic nitrogens is 1. The van der Waals surface area contributed by atoms with Gasteiger partial charge in [0, 0.05) is 63.5 Å². The molecule has 3 rings (SSSR count). The molecule has 10 nitrogen and oxygen atoms in total. The van der Waals surface area contributed by atoms with Crippen LogP contribution in [-0.2, 0) is 16.1 Å². The number of rotatable bonds is 6. The van der Waals surface area contributed by atoms with Gasteiger partial charge in [0.2, 0.25) is 5.91 Å². The number of nitrogens with one attached hydrogen (secondary N) is 2. The number of likely N-dealkylation sites (tertiary alicyclic amines) is 1. The maximum Gasteiger partial charge on any atom is 0.409 e. The third kappa shape index (κ3) is 6.24. The molecule has 0 atom stereocenters. The first-order valence-electron chi connectivity index (χ1n) is 11.4. The standard InChI is InChI=1S/C22H35N7O3/c1-3-32-22(31)29-13-8-18(9-14-29)27-21(24-2)26-15-17-5-4-10-25-20(17)28-11-6-16(7-12-28)19(23)30/h4-5,10,16,18H,3,6-9,11-15H2,1-2H3,(H2,23,30)(H2,24,26,27). The van der Waals surface area contributed by atoms with Crippen LogP contribution in [0.25, 0.3) is 0 Å². The lowest BCUT2D eigenvalue weighted by Crippen LogP contribution is -2.49. The number of hydrogen-bond donors (Lipinski definition) is 3. The van der Waals surface area contributed by atoms with Gasteiger partial charge in [0.1, 0.15) is 5.82 Å². The van der Waals surface area contributed by atoms with Crippen molar-refractivity contribution in [3.05, 3.63) is 23.9 Å². The predicted molar refractivity (Wildman–Crippen MR) is 123 cm³/mol. The Kier molecular flexibility index (Phi) is 8.52. The number of guanidine groups is 1. The molecule has 2 aliphatic heterocycles. The van der Waals surface area contributed by atoms with Crippen molar-refractivity contribution < 1.29 is 14.3 Å². The van der Waals surface area contributed by atoms with Gasteiger partial charge in [-0.1, -0.05) is 6.07 Å². The fraction of sp³-hybridized carbons (Fsp3) is 0.636. The summed E-state index contributed by atoms with van der Waals surface area (Å²) in [6.07, 6.45) is 4.75. The minimum absolute atomic E-state index is 0.0465. The van der Waals surface area contributed by atoms with Crippen molar-refractivity contribution in [2.24, 2.45) is 16.6 Å². The van der Waals surface area contributed by atoms with Crippen molar-refractivity contribution in [1.29, 1.82) is 0 Å². The molecule has 3 heterocycles. The van der Waals surface area contributed by atoms with E-state index in [2.05, 4.69) is 31.6 Å². The summed E-state index contributed by atoms with van der Waals surface area (Å²) >= 11 is 0. The van der Waals surface area contributed by atoms with Crippen LogP contribution >= 0.6 is 0 Å². The van der Waals surface area contributed by atoms with Crippen LogP contribution in [0.3, 0.4) is 0 Å². The summed E-state index contributed by atoms with van der Waals surface area (Å²) < 4.78 is 5.08. The van der Waals surface area contributed by atoms with E-state index >= 15 is 0 Å². The van der Waals surface area contributed by atoms with Crippen molar-refractivity contribution >= 4 is 23.8 Å². The highest BCUT2D eigenvalue weighted by molar-refractivity contribution is 5.80. The van der Waals surface area contributed by atoms with Crippen LogP contribution in [-0.4, -0.2) is 73.7 Å². The van der Waals surface area contributed by atoms with Gasteiger partial charge in [-0.25, -0.2) is 9.78 Å². The highest BCUT2D eigenvalue weighted by Gasteiger charge is 2.26. The molecule has 2 fully saturated rings. The van der Waals surface area contributed by atoms with Crippen LogP contribution in [0.2, 0.25) is 0 Å². The normalized spacial score (nSPS) is 18.4. The van der Waals surface area contributed by atoms with Gasteiger partial charge in [-0.3, -0.25) is 9.79 Å². The topological polar surface area (TPSA) is 125 Å². The van der Waals surface area contributed by atoms with Crippen molar-refractivity contribution in [2.45, 2.75) is 45.2 Å². The Morgan fingerprint density at radius 2 is 1.94 bits per heavy atom. The first-order valence-corrected chi connectivity index (χ1v) is 11.4. The molecular weight excluding hydrogens is 410 g/mol. The molecule has 1 aromatic rings. The monoisotopic (exact) mass is 445 g/mol. The number of pyridine rings is 1. The van der Waals surface area contributed by atoms with Crippen molar-refractivity contribution in [1.82, 2.24) is 20.5 Å². The van der Waals surface area contributed by atoms with Crippen molar-refractivity contribution in [2.75, 3.05) is 44.7 Å². The smallest absolute Gasteiger partial charge is 0.409 e. The van der Waals surface area contributed by atoms with Gasteiger partial charge in [0.05, 0.1) is 6.61 Å². The van der Waals surface area contributed by atoms with Crippen LogP contribution in [0.5, 0.6) is 0 Å². The molecule has 2 amide bonds. The number of aliphatic imine (C=N–C) groups is 1. The number of carbonyl (C=O) groups is 2. The zero-order chi connectivity index (χ0) is 22.9. The molecule has 0 spiro atoms. The van der Waals surface area contributed by atoms with Crippen LogP contribution in [0, 0.1) is 5.92 Å². The highest BCUT2D eigenvalue weighted by atomic mass is 16.6. The molecule has 1 aromatic heterocycles. The fourth-order valence-electron chi connectivity index (χ4n) is 4.22. The van der Waals surface area contributed by atoms with E-state index < -0.39 is 0 Å². The summed E-state index contributed by atoms with van der Waals surface area (Å²) in [5, 5.41) is 6.85. The molecule has 10 heteroatoms. The second kappa shape index (κ2) is 11.5. The second-order valence-electron chi connectivity index (χ2n) is 8.18. The van der Waals surface area contributed by atoms with E-state index in [1.165, 1.54) is 0 Å². The number of piperidine rings is 2. The van der Waals surface area contributed by atoms with E-state index in [0.717, 1.165) is 56.1 Å². The Morgan fingerprint density at radius 1 is 1.22 bits per heavy atom. The van der Waals surface area contributed by atoms with E-state index in [1.54, 1.807) is 18.1 Å². The van der Waals surface area contributed by atoms with Gasteiger partial charge in [0.15, 0.2) is 5.96 Å². The number of hydrogen-bond acceptors (Lipinski definition) is 6. The molecule has 32 heavy (non-hydrogen) atoms. The molecule has 0 bridgehead atoms. The van der Waals surface area contributed by atoms with Gasteiger partial charge >= 0.3 is 6.09 Å². The molecule has 4 N–H and O–H groups in total. The van der Waals surface area contributed by atoms with E-state index in [1.807, 2.05) is 13.0 Å². The molecular formula is C22H35N7O3. The Bertz CT molecular complexity index is 800. The maximum absolute atomic E-state index is 11.9. The number of primary amides is 1. The number of carbonyl (C=O) groups excluding carboxylic acids is 2. The SMILES string of the molecule is CCOC(=O)N1CCC(NC(=NC)NCc2cccnc2N2CCC(C(N)=O)CC2)CC1. The Morgan fingerprint density at radius 3 is 2.56 bits per heavy atom. The first-order chi connectivity index (χ1) is 15.5. The summed E-state index contributed by atoms with van der Waals surface area (Å²) in [5.74, 6) is 1.40.